The van der Waals surface area contributed by atoms with Crippen molar-refractivity contribution in [3.05, 3.63) is 15.9 Å². The molecule has 1 unspecified atom stereocenters. The topological polar surface area (TPSA) is 121 Å². The van der Waals surface area contributed by atoms with Crippen molar-refractivity contribution in [3.63, 3.8) is 0 Å². The highest BCUT2D eigenvalue weighted by molar-refractivity contribution is 9.10. The minimum absolute atomic E-state index is 0.0980. The van der Waals surface area contributed by atoms with Gasteiger partial charge < -0.3 is 10.2 Å². The Morgan fingerprint density at radius 1 is 1.44 bits per heavy atom. The van der Waals surface area contributed by atoms with Crippen LogP contribution in [0.3, 0.4) is 0 Å². The largest absolute Gasteiger partial charge is 0.481 e. The second-order valence-electron chi connectivity index (χ2n) is 3.17. The van der Waals surface area contributed by atoms with Crippen molar-refractivity contribution < 1.29 is 28.2 Å². The van der Waals surface area contributed by atoms with Crippen molar-refractivity contribution in [2.24, 2.45) is 0 Å². The van der Waals surface area contributed by atoms with Gasteiger partial charge in [0.1, 0.15) is 10.3 Å². The van der Waals surface area contributed by atoms with Gasteiger partial charge in [-0.1, -0.05) is 0 Å². The van der Waals surface area contributed by atoms with Gasteiger partial charge in [-0.2, -0.15) is 4.72 Å². The summed E-state index contributed by atoms with van der Waals surface area (Å²) < 4.78 is 25.7. The average molecular weight is 358 g/mol. The van der Waals surface area contributed by atoms with Gasteiger partial charge in [0, 0.05) is 4.47 Å². The van der Waals surface area contributed by atoms with Crippen molar-refractivity contribution in [2.75, 3.05) is 0 Å². The monoisotopic (exact) mass is 357 g/mol. The lowest BCUT2D eigenvalue weighted by Crippen LogP contribution is -2.41. The van der Waals surface area contributed by atoms with Crippen LogP contribution in [0.5, 0.6) is 0 Å². The molecule has 7 nitrogen and oxygen atoms in total. The van der Waals surface area contributed by atoms with Crippen molar-refractivity contribution in [1.82, 2.24) is 4.72 Å². The summed E-state index contributed by atoms with van der Waals surface area (Å²) in [6.45, 7) is 0. The molecule has 0 saturated carbocycles. The number of carbonyl (C=O) groups is 2. The third kappa shape index (κ3) is 3.77. The maximum atomic E-state index is 11.8. The first-order valence-corrected chi connectivity index (χ1v) is 7.59. The van der Waals surface area contributed by atoms with Gasteiger partial charge in [-0.25, -0.2) is 8.42 Å². The van der Waals surface area contributed by atoms with Crippen LogP contribution in [0.1, 0.15) is 6.42 Å². The molecule has 0 aromatic carbocycles. The summed E-state index contributed by atoms with van der Waals surface area (Å²) in [6, 6.07) is -0.215. The van der Waals surface area contributed by atoms with Crippen molar-refractivity contribution >= 4 is 49.2 Å². The molecule has 1 rings (SSSR count). The molecule has 0 spiro atoms. The maximum absolute atomic E-state index is 11.8. The Morgan fingerprint density at radius 3 is 2.44 bits per heavy atom. The Kier molecular flexibility index (Phi) is 4.85. The first-order chi connectivity index (χ1) is 8.24. The molecule has 0 amide bonds. The van der Waals surface area contributed by atoms with Crippen LogP contribution in [0.25, 0.3) is 0 Å². The Balaban J connectivity index is 2.97. The van der Waals surface area contributed by atoms with Gasteiger partial charge in [-0.15, -0.1) is 11.3 Å². The first-order valence-electron chi connectivity index (χ1n) is 4.44. The lowest BCUT2D eigenvalue weighted by molar-refractivity contribution is -0.145. The molecular formula is C8H8BrNO6S2. The Hall–Kier alpha value is -0.970. The molecule has 0 bridgehead atoms. The van der Waals surface area contributed by atoms with Crippen LogP contribution in [-0.4, -0.2) is 36.6 Å². The molecular weight excluding hydrogens is 350 g/mol. The van der Waals surface area contributed by atoms with Gasteiger partial charge in [0.05, 0.1) is 6.42 Å². The number of halogens is 1. The second kappa shape index (κ2) is 5.78. The molecule has 100 valence electrons. The smallest absolute Gasteiger partial charge is 0.322 e. The third-order valence-corrected chi connectivity index (χ3v) is 5.94. The minimum Gasteiger partial charge on any atom is -0.481 e. The molecule has 0 aliphatic carbocycles. The molecule has 1 heterocycles. The van der Waals surface area contributed by atoms with Gasteiger partial charge in [0.15, 0.2) is 0 Å². The van der Waals surface area contributed by atoms with Crippen LogP contribution in [-0.2, 0) is 19.6 Å². The number of hydrogen-bond donors (Lipinski definition) is 3. The van der Waals surface area contributed by atoms with Crippen LogP contribution < -0.4 is 4.72 Å². The van der Waals surface area contributed by atoms with E-state index in [0.29, 0.717) is 4.47 Å². The minimum atomic E-state index is -4.06. The summed E-state index contributed by atoms with van der Waals surface area (Å²) in [6.07, 6.45) is -0.836. The van der Waals surface area contributed by atoms with Crippen LogP contribution >= 0.6 is 27.3 Å². The lowest BCUT2D eigenvalue weighted by atomic mass is 10.2. The summed E-state index contributed by atoms with van der Waals surface area (Å²) in [7, 11) is -4.06. The van der Waals surface area contributed by atoms with Crippen molar-refractivity contribution in [2.45, 2.75) is 16.7 Å². The second-order valence-corrected chi connectivity index (χ2v) is 6.85. The summed E-state index contributed by atoms with van der Waals surface area (Å²) in [5.41, 5.74) is 0. The van der Waals surface area contributed by atoms with Gasteiger partial charge in [-0.3, -0.25) is 9.59 Å². The summed E-state index contributed by atoms with van der Waals surface area (Å²) >= 11 is 3.90. The molecule has 18 heavy (non-hydrogen) atoms. The van der Waals surface area contributed by atoms with E-state index in [1.165, 1.54) is 11.4 Å². The quantitative estimate of drug-likeness (QED) is 0.689. The molecule has 0 fully saturated rings. The van der Waals surface area contributed by atoms with E-state index in [9.17, 15) is 18.0 Å². The Labute approximate surface area is 115 Å². The summed E-state index contributed by atoms with van der Waals surface area (Å²) in [5, 5.41) is 18.8. The highest BCUT2D eigenvalue weighted by atomic mass is 79.9. The normalized spacial score (nSPS) is 13.2. The number of sulfonamides is 1. The van der Waals surface area contributed by atoms with Gasteiger partial charge in [0.2, 0.25) is 0 Å². The predicted octanol–water partition coefficient (Wildman–Crippen LogP) is 0.717. The number of carboxylic acid groups (broad SMARTS) is 2. The fourth-order valence-electron chi connectivity index (χ4n) is 1.07. The first kappa shape index (κ1) is 15.1. The molecule has 0 aliphatic heterocycles. The highest BCUT2D eigenvalue weighted by Gasteiger charge is 2.29. The van der Waals surface area contributed by atoms with E-state index in [-0.39, 0.29) is 4.21 Å². The van der Waals surface area contributed by atoms with Crippen LogP contribution in [0.4, 0.5) is 0 Å². The number of rotatable bonds is 6. The van der Waals surface area contributed by atoms with E-state index in [4.69, 9.17) is 10.2 Å². The Bertz CT molecular complexity index is 566. The average Bonchev–Trinajstić information content (AvgIpc) is 2.62. The summed E-state index contributed by atoms with van der Waals surface area (Å²) in [5.74, 6) is -2.95. The van der Waals surface area contributed by atoms with E-state index in [1.807, 2.05) is 4.72 Å². The van der Waals surface area contributed by atoms with E-state index >= 15 is 0 Å². The SMILES string of the molecule is O=C(O)CC(NS(=O)(=O)c1sccc1Br)C(=O)O. The van der Waals surface area contributed by atoms with Crippen LogP contribution in [0, 0.1) is 0 Å². The van der Waals surface area contributed by atoms with Gasteiger partial charge in [0.25, 0.3) is 10.0 Å². The van der Waals surface area contributed by atoms with Gasteiger partial charge >= 0.3 is 11.9 Å². The van der Waals surface area contributed by atoms with E-state index in [2.05, 4.69) is 15.9 Å². The molecule has 3 N–H and O–H groups in total. The van der Waals surface area contributed by atoms with Crippen LogP contribution in [0.15, 0.2) is 20.1 Å². The molecule has 1 atom stereocenters. The Morgan fingerprint density at radius 2 is 2.06 bits per heavy atom. The predicted molar refractivity (Wildman–Crippen MR) is 66.0 cm³/mol. The number of nitrogens with one attached hydrogen (secondary N) is 1. The molecule has 0 saturated heterocycles. The van der Waals surface area contributed by atoms with Crippen molar-refractivity contribution in [1.29, 1.82) is 0 Å². The molecule has 0 radical (unpaired) electrons. The summed E-state index contributed by atoms with van der Waals surface area (Å²) in [4.78, 5) is 21.2. The lowest BCUT2D eigenvalue weighted by Gasteiger charge is -2.12. The zero-order valence-electron chi connectivity index (χ0n) is 8.66. The van der Waals surface area contributed by atoms with E-state index < -0.39 is 34.4 Å². The molecule has 1 aromatic rings. The number of aliphatic carboxylic acids is 2. The molecule has 0 aliphatic rings. The number of carboxylic acids is 2. The zero-order valence-corrected chi connectivity index (χ0v) is 11.9. The van der Waals surface area contributed by atoms with Gasteiger partial charge in [-0.05, 0) is 27.4 Å². The van der Waals surface area contributed by atoms with Crippen molar-refractivity contribution in [3.8, 4) is 0 Å². The standard InChI is InChI=1S/C8H8BrNO6S2/c9-4-1-2-17-8(4)18(15,16)10-5(7(13)14)3-6(11)12/h1-2,5,10H,3H2,(H,11,12)(H,13,14). The maximum Gasteiger partial charge on any atom is 0.322 e. The zero-order chi connectivity index (χ0) is 13.9. The molecule has 10 heteroatoms. The fraction of sp³-hybridized carbons (Fsp3) is 0.250. The van der Waals surface area contributed by atoms with Crippen LogP contribution in [0.2, 0.25) is 0 Å². The van der Waals surface area contributed by atoms with E-state index in [1.54, 1.807) is 0 Å². The molecule has 1 aromatic heterocycles. The third-order valence-electron chi connectivity index (χ3n) is 1.80. The highest BCUT2D eigenvalue weighted by Crippen LogP contribution is 2.27. The number of hydrogen-bond acceptors (Lipinski definition) is 5. The fourth-order valence-corrected chi connectivity index (χ4v) is 4.61. The number of thiophene rings is 1. The van der Waals surface area contributed by atoms with E-state index in [0.717, 1.165) is 11.3 Å².